The molecule has 1 aliphatic heterocycles. The summed E-state index contributed by atoms with van der Waals surface area (Å²) >= 11 is 0. The highest BCUT2D eigenvalue weighted by molar-refractivity contribution is 5.28. The molecular weight excluding hydrogens is 328 g/mol. The summed E-state index contributed by atoms with van der Waals surface area (Å²) in [7, 11) is 0. The molecule has 1 saturated heterocycles. The molecule has 4 atom stereocenters. The normalized spacial score (nSPS) is 22.0. The van der Waals surface area contributed by atoms with Crippen LogP contribution < -0.4 is 5.32 Å². The van der Waals surface area contributed by atoms with Crippen molar-refractivity contribution in [3.63, 3.8) is 0 Å². The maximum Gasteiger partial charge on any atom is 0.0520 e. The summed E-state index contributed by atoms with van der Waals surface area (Å²) in [6.45, 7) is 5.65. The van der Waals surface area contributed by atoms with E-state index in [1.54, 1.807) is 0 Å². The lowest BCUT2D eigenvalue weighted by Gasteiger charge is -2.52. The SMILES string of the molecule is C[C@H](N[C@H]1CN([C@@H](C)c2ccccc2)[C@H]1c1ccccc1)c1ccccc1. The first kappa shape index (κ1) is 18.0. The van der Waals surface area contributed by atoms with Gasteiger partial charge >= 0.3 is 0 Å². The average Bonchev–Trinajstić information content (AvgIpc) is 2.72. The zero-order valence-electron chi connectivity index (χ0n) is 16.1. The van der Waals surface area contributed by atoms with Gasteiger partial charge in [0.2, 0.25) is 0 Å². The Kier molecular flexibility index (Phi) is 5.38. The molecule has 0 saturated carbocycles. The summed E-state index contributed by atoms with van der Waals surface area (Å²) < 4.78 is 0. The monoisotopic (exact) mass is 356 g/mol. The fourth-order valence-corrected chi connectivity index (χ4v) is 4.23. The first-order valence-electron chi connectivity index (χ1n) is 9.90. The summed E-state index contributed by atoms with van der Waals surface area (Å²) in [5, 5.41) is 3.88. The highest BCUT2D eigenvalue weighted by Crippen LogP contribution is 2.41. The van der Waals surface area contributed by atoms with E-state index in [1.807, 2.05) is 0 Å². The van der Waals surface area contributed by atoms with Gasteiger partial charge in [-0.2, -0.15) is 0 Å². The van der Waals surface area contributed by atoms with Gasteiger partial charge < -0.3 is 5.32 Å². The molecule has 2 heteroatoms. The average molecular weight is 357 g/mol. The van der Waals surface area contributed by atoms with Crippen LogP contribution in [-0.4, -0.2) is 17.5 Å². The summed E-state index contributed by atoms with van der Waals surface area (Å²) in [5.74, 6) is 0. The highest BCUT2D eigenvalue weighted by atomic mass is 15.3. The Hall–Kier alpha value is -2.42. The van der Waals surface area contributed by atoms with E-state index in [1.165, 1.54) is 16.7 Å². The van der Waals surface area contributed by atoms with Gasteiger partial charge in [-0.25, -0.2) is 0 Å². The van der Waals surface area contributed by atoms with E-state index in [9.17, 15) is 0 Å². The standard InChI is InChI=1S/C25H28N2/c1-19(21-12-6-3-7-13-21)26-24-18-27(20(2)22-14-8-4-9-15-22)25(24)23-16-10-5-11-17-23/h3-17,19-20,24-26H,18H2,1-2H3/t19-,20-,24-,25-/m0/s1. The van der Waals surface area contributed by atoms with Crippen molar-refractivity contribution in [3.8, 4) is 0 Å². The van der Waals surface area contributed by atoms with E-state index in [0.717, 1.165) is 6.54 Å². The minimum Gasteiger partial charge on any atom is -0.304 e. The number of rotatable bonds is 6. The Morgan fingerprint density at radius 2 is 1.26 bits per heavy atom. The number of nitrogens with zero attached hydrogens (tertiary/aromatic N) is 1. The fraction of sp³-hybridized carbons (Fsp3) is 0.280. The van der Waals surface area contributed by atoms with E-state index < -0.39 is 0 Å². The maximum absolute atomic E-state index is 3.88. The number of benzene rings is 3. The van der Waals surface area contributed by atoms with Gasteiger partial charge in [0.25, 0.3) is 0 Å². The molecule has 0 aliphatic carbocycles. The third-order valence-corrected chi connectivity index (χ3v) is 5.83. The second-order valence-corrected chi connectivity index (χ2v) is 7.54. The predicted octanol–water partition coefficient (Wildman–Crippen LogP) is 5.52. The van der Waals surface area contributed by atoms with Gasteiger partial charge in [-0.15, -0.1) is 0 Å². The Bertz CT molecular complexity index is 832. The van der Waals surface area contributed by atoms with Crippen molar-refractivity contribution < 1.29 is 0 Å². The Morgan fingerprint density at radius 3 is 1.85 bits per heavy atom. The van der Waals surface area contributed by atoms with E-state index in [2.05, 4.69) is 115 Å². The molecule has 1 N–H and O–H groups in total. The fourth-order valence-electron chi connectivity index (χ4n) is 4.23. The molecule has 0 radical (unpaired) electrons. The largest absolute Gasteiger partial charge is 0.304 e. The van der Waals surface area contributed by atoms with Gasteiger partial charge in [-0.05, 0) is 30.5 Å². The van der Waals surface area contributed by atoms with E-state index in [4.69, 9.17) is 0 Å². The first-order chi connectivity index (χ1) is 13.2. The van der Waals surface area contributed by atoms with Gasteiger partial charge in [0.1, 0.15) is 0 Å². The summed E-state index contributed by atoms with van der Waals surface area (Å²) in [5.41, 5.74) is 4.12. The highest BCUT2D eigenvalue weighted by Gasteiger charge is 2.42. The van der Waals surface area contributed by atoms with Crippen LogP contribution in [0.25, 0.3) is 0 Å². The van der Waals surface area contributed by atoms with Crippen molar-refractivity contribution in [2.24, 2.45) is 0 Å². The smallest absolute Gasteiger partial charge is 0.0520 e. The van der Waals surface area contributed by atoms with Crippen molar-refractivity contribution in [3.05, 3.63) is 108 Å². The molecule has 3 aromatic rings. The topological polar surface area (TPSA) is 15.3 Å². The number of nitrogens with one attached hydrogen (secondary N) is 1. The van der Waals surface area contributed by atoms with Crippen molar-refractivity contribution in [1.82, 2.24) is 10.2 Å². The molecule has 3 aromatic carbocycles. The minimum atomic E-state index is 0.344. The third kappa shape index (κ3) is 3.83. The first-order valence-corrected chi connectivity index (χ1v) is 9.90. The van der Waals surface area contributed by atoms with Gasteiger partial charge in [0.15, 0.2) is 0 Å². The van der Waals surface area contributed by atoms with Gasteiger partial charge in [0.05, 0.1) is 6.04 Å². The van der Waals surface area contributed by atoms with E-state index in [0.29, 0.717) is 24.2 Å². The van der Waals surface area contributed by atoms with Crippen molar-refractivity contribution >= 4 is 0 Å². The maximum atomic E-state index is 3.88. The van der Waals surface area contributed by atoms with Crippen molar-refractivity contribution in [2.45, 2.75) is 38.0 Å². The number of likely N-dealkylation sites (tertiary alicyclic amines) is 1. The summed E-state index contributed by atoms with van der Waals surface area (Å²) in [4.78, 5) is 2.61. The Labute approximate surface area is 162 Å². The van der Waals surface area contributed by atoms with Gasteiger partial charge in [-0.3, -0.25) is 4.90 Å². The van der Waals surface area contributed by atoms with Crippen LogP contribution in [0, 0.1) is 0 Å². The minimum absolute atomic E-state index is 0.344. The molecule has 1 fully saturated rings. The molecule has 0 bridgehead atoms. The second-order valence-electron chi connectivity index (χ2n) is 7.54. The lowest BCUT2D eigenvalue weighted by atomic mass is 9.85. The van der Waals surface area contributed by atoms with Crippen LogP contribution in [0.1, 0.15) is 48.7 Å². The predicted molar refractivity (Wildman–Crippen MR) is 113 cm³/mol. The van der Waals surface area contributed by atoms with Crippen LogP contribution >= 0.6 is 0 Å². The van der Waals surface area contributed by atoms with Gasteiger partial charge in [-0.1, -0.05) is 91.0 Å². The molecule has 4 rings (SSSR count). The molecular formula is C25H28N2. The number of hydrogen-bond acceptors (Lipinski definition) is 2. The third-order valence-electron chi connectivity index (χ3n) is 5.83. The van der Waals surface area contributed by atoms with Crippen LogP contribution in [0.15, 0.2) is 91.0 Å². The molecule has 1 aliphatic rings. The Balaban J connectivity index is 1.54. The molecule has 1 heterocycles. The second kappa shape index (κ2) is 8.08. The quantitative estimate of drug-likeness (QED) is 0.625. The van der Waals surface area contributed by atoms with Crippen LogP contribution in [0.4, 0.5) is 0 Å². The molecule has 138 valence electrons. The number of hydrogen-bond donors (Lipinski definition) is 1. The van der Waals surface area contributed by atoms with Crippen LogP contribution in [-0.2, 0) is 0 Å². The van der Waals surface area contributed by atoms with Crippen LogP contribution in [0.5, 0.6) is 0 Å². The zero-order valence-corrected chi connectivity index (χ0v) is 16.1. The van der Waals surface area contributed by atoms with E-state index in [-0.39, 0.29) is 0 Å². The Morgan fingerprint density at radius 1 is 0.741 bits per heavy atom. The molecule has 0 spiro atoms. The van der Waals surface area contributed by atoms with Crippen LogP contribution in [0.2, 0.25) is 0 Å². The summed E-state index contributed by atoms with van der Waals surface area (Å²) in [6.07, 6.45) is 0. The molecule has 0 unspecified atom stereocenters. The lowest BCUT2D eigenvalue weighted by molar-refractivity contribution is 0.00125. The molecule has 27 heavy (non-hydrogen) atoms. The lowest BCUT2D eigenvalue weighted by Crippen LogP contribution is -2.60. The molecule has 0 aromatic heterocycles. The van der Waals surface area contributed by atoms with Gasteiger partial charge in [0, 0.05) is 24.7 Å². The molecule has 2 nitrogen and oxygen atoms in total. The van der Waals surface area contributed by atoms with E-state index >= 15 is 0 Å². The van der Waals surface area contributed by atoms with Crippen molar-refractivity contribution in [1.29, 1.82) is 0 Å². The molecule has 0 amide bonds. The zero-order chi connectivity index (χ0) is 18.6. The summed E-state index contributed by atoms with van der Waals surface area (Å²) in [6, 6.07) is 34.1. The van der Waals surface area contributed by atoms with Crippen molar-refractivity contribution in [2.75, 3.05) is 6.54 Å². The van der Waals surface area contributed by atoms with Crippen LogP contribution in [0.3, 0.4) is 0 Å².